The van der Waals surface area contributed by atoms with E-state index in [1.165, 1.54) is 0 Å². The molecule has 1 saturated heterocycles. The molecule has 0 bridgehead atoms. The second-order valence-corrected chi connectivity index (χ2v) is 7.54. The number of nitrogens with zero attached hydrogens (tertiary/aromatic N) is 1. The molecule has 5 nitrogen and oxygen atoms in total. The zero-order valence-corrected chi connectivity index (χ0v) is 12.2. The lowest BCUT2D eigenvalue weighted by molar-refractivity contribution is 0.0447. The predicted octanol–water partition coefficient (Wildman–Crippen LogP) is 0.0289. The Labute approximate surface area is 119 Å². The van der Waals surface area contributed by atoms with Crippen LogP contribution >= 0.6 is 0 Å². The van der Waals surface area contributed by atoms with Crippen LogP contribution in [0.25, 0.3) is 0 Å². The lowest BCUT2D eigenvalue weighted by Crippen LogP contribution is -2.41. The molecule has 1 fully saturated rings. The van der Waals surface area contributed by atoms with Gasteiger partial charge >= 0.3 is 0 Å². The Balaban J connectivity index is 2.08. The van der Waals surface area contributed by atoms with Crippen LogP contribution in [-0.4, -0.2) is 60.3 Å². The van der Waals surface area contributed by atoms with E-state index in [0.717, 1.165) is 5.56 Å². The van der Waals surface area contributed by atoms with E-state index in [1.54, 1.807) is 0 Å². The molecule has 0 spiro atoms. The van der Waals surface area contributed by atoms with Gasteiger partial charge in [0, 0.05) is 19.1 Å². The molecule has 20 heavy (non-hydrogen) atoms. The van der Waals surface area contributed by atoms with Crippen LogP contribution in [0.4, 0.5) is 0 Å². The van der Waals surface area contributed by atoms with Gasteiger partial charge in [-0.25, -0.2) is 8.42 Å². The highest BCUT2D eigenvalue weighted by molar-refractivity contribution is 7.91. The fourth-order valence-electron chi connectivity index (χ4n) is 2.55. The number of aliphatic hydroxyl groups is 2. The second kappa shape index (κ2) is 6.67. The Morgan fingerprint density at radius 1 is 1.30 bits per heavy atom. The monoisotopic (exact) mass is 299 g/mol. The summed E-state index contributed by atoms with van der Waals surface area (Å²) in [6, 6.07) is 9.66. The molecule has 1 aliphatic rings. The molecule has 1 aromatic carbocycles. The van der Waals surface area contributed by atoms with Crippen molar-refractivity contribution in [2.45, 2.75) is 25.1 Å². The maximum Gasteiger partial charge on any atom is 0.151 e. The van der Waals surface area contributed by atoms with Gasteiger partial charge in [0.15, 0.2) is 9.84 Å². The van der Waals surface area contributed by atoms with E-state index in [1.807, 2.05) is 35.2 Å². The van der Waals surface area contributed by atoms with Crippen molar-refractivity contribution in [1.29, 1.82) is 0 Å². The first-order valence-corrected chi connectivity index (χ1v) is 8.59. The second-order valence-electron chi connectivity index (χ2n) is 5.31. The van der Waals surface area contributed by atoms with Gasteiger partial charge in [0.25, 0.3) is 0 Å². The standard InChI is InChI=1S/C14H21NO4S/c16-10-14(17)9-15(8-12-4-2-1-3-5-12)13-6-7-20(18,19)11-13/h1-5,13-14,16-17H,6-11H2/t13-,14+/m1/s1. The normalized spacial score (nSPS) is 23.1. The third kappa shape index (κ3) is 4.28. The summed E-state index contributed by atoms with van der Waals surface area (Å²) >= 11 is 0. The summed E-state index contributed by atoms with van der Waals surface area (Å²) in [6.45, 7) is 0.550. The Hall–Kier alpha value is -0.950. The van der Waals surface area contributed by atoms with Crippen molar-refractivity contribution >= 4 is 9.84 Å². The van der Waals surface area contributed by atoms with E-state index >= 15 is 0 Å². The van der Waals surface area contributed by atoms with Crippen LogP contribution in [0.2, 0.25) is 0 Å². The summed E-state index contributed by atoms with van der Waals surface area (Å²) in [6.07, 6.45) is -0.255. The molecule has 2 rings (SSSR count). The van der Waals surface area contributed by atoms with E-state index in [0.29, 0.717) is 13.0 Å². The Kier molecular flexibility index (Phi) is 5.15. The summed E-state index contributed by atoms with van der Waals surface area (Å²) in [4.78, 5) is 1.96. The zero-order valence-electron chi connectivity index (χ0n) is 11.4. The lowest BCUT2D eigenvalue weighted by atomic mass is 10.1. The Bertz CT molecular complexity index is 517. The number of aliphatic hydroxyl groups excluding tert-OH is 2. The van der Waals surface area contributed by atoms with Gasteiger partial charge in [-0.2, -0.15) is 0 Å². The van der Waals surface area contributed by atoms with E-state index in [4.69, 9.17) is 5.11 Å². The molecule has 0 saturated carbocycles. The first-order valence-electron chi connectivity index (χ1n) is 6.77. The molecule has 2 N–H and O–H groups in total. The van der Waals surface area contributed by atoms with E-state index in [2.05, 4.69) is 0 Å². The average Bonchev–Trinajstić information content (AvgIpc) is 2.79. The van der Waals surface area contributed by atoms with Crippen LogP contribution in [0.1, 0.15) is 12.0 Å². The van der Waals surface area contributed by atoms with Gasteiger partial charge in [-0.3, -0.25) is 4.90 Å². The average molecular weight is 299 g/mol. The highest BCUT2D eigenvalue weighted by atomic mass is 32.2. The maximum atomic E-state index is 11.6. The lowest BCUT2D eigenvalue weighted by Gasteiger charge is -2.29. The van der Waals surface area contributed by atoms with Crippen LogP contribution in [0, 0.1) is 0 Å². The molecule has 0 radical (unpaired) electrons. The van der Waals surface area contributed by atoms with Crippen molar-refractivity contribution in [3.05, 3.63) is 35.9 Å². The third-order valence-corrected chi connectivity index (χ3v) is 5.36. The van der Waals surface area contributed by atoms with Crippen molar-refractivity contribution in [1.82, 2.24) is 4.90 Å². The zero-order chi connectivity index (χ0) is 14.6. The van der Waals surface area contributed by atoms with Gasteiger partial charge in [0.1, 0.15) is 0 Å². The quantitative estimate of drug-likeness (QED) is 0.775. The fourth-order valence-corrected chi connectivity index (χ4v) is 4.31. The number of benzene rings is 1. The SMILES string of the molecule is O=S1(=O)CC[C@@H](N(Cc2ccccc2)C[C@H](O)CO)C1. The van der Waals surface area contributed by atoms with Crippen LogP contribution in [0.5, 0.6) is 0 Å². The van der Waals surface area contributed by atoms with Gasteiger partial charge < -0.3 is 10.2 Å². The predicted molar refractivity (Wildman–Crippen MR) is 77.0 cm³/mol. The minimum atomic E-state index is -2.96. The summed E-state index contributed by atoms with van der Waals surface area (Å²) in [5, 5.41) is 18.7. The van der Waals surface area contributed by atoms with E-state index < -0.39 is 15.9 Å². The minimum Gasteiger partial charge on any atom is -0.394 e. The van der Waals surface area contributed by atoms with Crippen molar-refractivity contribution in [2.75, 3.05) is 24.7 Å². The van der Waals surface area contributed by atoms with Crippen LogP contribution in [0.3, 0.4) is 0 Å². The molecular formula is C14H21NO4S. The first-order chi connectivity index (χ1) is 9.50. The summed E-state index contributed by atoms with van der Waals surface area (Å²) in [5.41, 5.74) is 1.07. The fraction of sp³-hybridized carbons (Fsp3) is 0.571. The van der Waals surface area contributed by atoms with E-state index in [-0.39, 0.29) is 30.7 Å². The highest BCUT2D eigenvalue weighted by Gasteiger charge is 2.32. The molecule has 1 aromatic rings. The molecule has 1 aliphatic heterocycles. The smallest absolute Gasteiger partial charge is 0.151 e. The van der Waals surface area contributed by atoms with Crippen LogP contribution in [-0.2, 0) is 16.4 Å². The number of sulfone groups is 1. The van der Waals surface area contributed by atoms with Gasteiger partial charge in [-0.05, 0) is 12.0 Å². The molecule has 0 aromatic heterocycles. The summed E-state index contributed by atoms with van der Waals surface area (Å²) in [7, 11) is -2.96. The molecule has 2 atom stereocenters. The van der Waals surface area contributed by atoms with Crippen LogP contribution in [0.15, 0.2) is 30.3 Å². The molecule has 0 aliphatic carbocycles. The summed E-state index contributed by atoms with van der Waals surface area (Å²) in [5.74, 6) is 0.343. The molecule has 0 amide bonds. The molecule has 112 valence electrons. The largest absolute Gasteiger partial charge is 0.394 e. The number of rotatable bonds is 6. The van der Waals surface area contributed by atoms with Gasteiger partial charge in [-0.15, -0.1) is 0 Å². The maximum absolute atomic E-state index is 11.6. The van der Waals surface area contributed by atoms with Crippen molar-refractivity contribution in [3.8, 4) is 0 Å². The molecular weight excluding hydrogens is 278 g/mol. The Morgan fingerprint density at radius 3 is 2.55 bits per heavy atom. The highest BCUT2D eigenvalue weighted by Crippen LogP contribution is 2.20. The van der Waals surface area contributed by atoms with Crippen molar-refractivity contribution in [3.63, 3.8) is 0 Å². The summed E-state index contributed by atoms with van der Waals surface area (Å²) < 4.78 is 23.2. The minimum absolute atomic E-state index is 0.0820. The topological polar surface area (TPSA) is 77.8 Å². The third-order valence-electron chi connectivity index (χ3n) is 3.61. The first kappa shape index (κ1) is 15.4. The Morgan fingerprint density at radius 2 is 2.00 bits per heavy atom. The van der Waals surface area contributed by atoms with Gasteiger partial charge in [0.05, 0.1) is 24.2 Å². The van der Waals surface area contributed by atoms with Crippen molar-refractivity contribution in [2.24, 2.45) is 0 Å². The molecule has 1 heterocycles. The molecule has 0 unspecified atom stereocenters. The number of hydrogen-bond donors (Lipinski definition) is 2. The van der Waals surface area contributed by atoms with Crippen molar-refractivity contribution < 1.29 is 18.6 Å². The number of hydrogen-bond acceptors (Lipinski definition) is 5. The van der Waals surface area contributed by atoms with Gasteiger partial charge in [0.2, 0.25) is 0 Å². The van der Waals surface area contributed by atoms with Crippen LogP contribution < -0.4 is 0 Å². The van der Waals surface area contributed by atoms with Gasteiger partial charge in [-0.1, -0.05) is 30.3 Å². The molecule has 6 heteroatoms. The van der Waals surface area contributed by atoms with E-state index in [9.17, 15) is 13.5 Å².